The third kappa shape index (κ3) is 49.3. The van der Waals surface area contributed by atoms with Crippen molar-refractivity contribution in [2.45, 2.75) is 248 Å². The molecule has 0 saturated carbocycles. The van der Waals surface area contributed by atoms with Crippen LogP contribution in [0.25, 0.3) is 0 Å². The molecule has 0 fully saturated rings. The van der Waals surface area contributed by atoms with Gasteiger partial charge in [0.2, 0.25) is 112 Å². The number of carbonyl (C=O) groups is 20. The number of rotatable bonds is 68. The Labute approximate surface area is 827 Å². The van der Waals surface area contributed by atoms with Crippen LogP contribution in [-0.4, -0.2) is 282 Å². The SMILES string of the molecule is CC(C)C[C@H](NC(=O)[C@H](CCCNC(=N)N)NC(=O)[C@H](CC(C)C)NC(=O)[C@H](Cc1ccc(O)cc1)NC(=O)[C@H](CC(N)=O)NC(=O)[C@H](CC(N)=O)NC(=O)[C@H](CCCCN)NC(=O)[C@H](CC(N)=O)NC(=O)CNC(=O)[C@H](CC(C)C)NC(=O)[C@H](CS)NC(=O)CNC(=O)CNC(=O)[C@H](Cc1ccc(O)cc1)NC(=O)[C@H](CCCCN)NC(=O)[C@H](Cc1ccccc1)NC(=O)[C@@H](N)CCCNC(=N)N)C(=O)O. The van der Waals surface area contributed by atoms with Crippen LogP contribution in [-0.2, 0) is 115 Å². The Morgan fingerprint density at radius 1 is 0.310 bits per heavy atom. The minimum atomic E-state index is -2.06. The number of aliphatic carboxylic acids is 1. The minimum Gasteiger partial charge on any atom is -0.508 e. The molecule has 786 valence electrons. The Kier molecular flexibility index (Phi) is 55.3. The molecule has 0 aliphatic rings. The van der Waals surface area contributed by atoms with Crippen molar-refractivity contribution in [3.63, 3.8) is 0 Å². The Bertz CT molecular complexity index is 4750. The quantitative estimate of drug-likeness (QED) is 0.0108. The highest BCUT2D eigenvalue weighted by Crippen LogP contribution is 2.19. The van der Waals surface area contributed by atoms with Crippen LogP contribution >= 0.6 is 12.6 Å². The summed E-state index contributed by atoms with van der Waals surface area (Å²) < 4.78 is 0. The molecule has 0 aliphatic heterocycles. The second-order valence-electron chi connectivity index (χ2n) is 35.1. The smallest absolute Gasteiger partial charge is 0.326 e. The number of benzene rings is 3. The number of guanidine groups is 2. The first-order valence-electron chi connectivity index (χ1n) is 46.4. The van der Waals surface area contributed by atoms with E-state index in [0.29, 0.717) is 30.4 Å². The molecule has 51 nitrogen and oxygen atoms in total. The van der Waals surface area contributed by atoms with E-state index in [1.54, 1.807) is 71.9 Å². The molecule has 3 rings (SSSR count). The number of unbranched alkanes of at least 4 members (excludes halogenated alkanes) is 2. The molecule has 0 aromatic heterocycles. The highest BCUT2D eigenvalue weighted by Gasteiger charge is 2.39. The molecule has 39 N–H and O–H groups in total. The Morgan fingerprint density at radius 2 is 0.592 bits per heavy atom. The van der Waals surface area contributed by atoms with Gasteiger partial charge in [-0.05, 0) is 155 Å². The van der Waals surface area contributed by atoms with Crippen molar-refractivity contribution in [1.82, 2.24) is 95.7 Å². The average Bonchev–Trinajstić information content (AvgIpc) is 0.851. The maximum Gasteiger partial charge on any atom is 0.326 e. The van der Waals surface area contributed by atoms with Gasteiger partial charge >= 0.3 is 5.97 Å². The number of hydrogen-bond donors (Lipinski definition) is 32. The first-order chi connectivity index (χ1) is 67.0. The van der Waals surface area contributed by atoms with Crippen LogP contribution in [0.4, 0.5) is 0 Å². The lowest BCUT2D eigenvalue weighted by molar-refractivity contribution is -0.143. The molecular formula is C90H142N28O23S. The van der Waals surface area contributed by atoms with Gasteiger partial charge < -0.3 is 157 Å². The molecule has 3 aromatic rings. The normalized spacial score (nSPS) is 14.0. The fourth-order valence-corrected chi connectivity index (χ4v) is 14.3. The van der Waals surface area contributed by atoms with Crippen LogP contribution in [0.1, 0.15) is 161 Å². The summed E-state index contributed by atoms with van der Waals surface area (Å²) in [5.74, 6) is -23.7. The largest absolute Gasteiger partial charge is 0.508 e. The number of phenols is 2. The molecule has 0 saturated heterocycles. The summed E-state index contributed by atoms with van der Waals surface area (Å²) in [6.45, 7) is 8.18. The van der Waals surface area contributed by atoms with Gasteiger partial charge in [0, 0.05) is 38.1 Å². The third-order valence-electron chi connectivity index (χ3n) is 21.3. The van der Waals surface area contributed by atoms with Crippen LogP contribution < -0.4 is 142 Å². The number of amides is 19. The number of aromatic hydroxyl groups is 2. The lowest BCUT2D eigenvalue weighted by Crippen LogP contribution is -2.61. The fraction of sp³-hybridized carbons (Fsp3) is 0.556. The topological polar surface area (TPSA) is 874 Å². The zero-order valence-corrected chi connectivity index (χ0v) is 81.4. The minimum absolute atomic E-state index is 0.00262. The number of nitrogens with one attached hydrogen (secondary N) is 20. The Balaban J connectivity index is 1.81. The van der Waals surface area contributed by atoms with Crippen LogP contribution in [0.3, 0.4) is 0 Å². The highest BCUT2D eigenvalue weighted by molar-refractivity contribution is 7.80. The maximum absolute atomic E-state index is 14.7. The number of carboxylic acids is 1. The van der Waals surface area contributed by atoms with Gasteiger partial charge in [-0.15, -0.1) is 0 Å². The van der Waals surface area contributed by atoms with E-state index < -0.39 is 260 Å². The number of primary amides is 3. The van der Waals surface area contributed by atoms with Gasteiger partial charge in [-0.2, -0.15) is 12.6 Å². The van der Waals surface area contributed by atoms with Crippen LogP contribution in [0, 0.1) is 28.6 Å². The molecule has 0 heterocycles. The molecular weight excluding hydrogens is 1870 g/mol. The van der Waals surface area contributed by atoms with E-state index >= 15 is 0 Å². The molecule has 14 atom stereocenters. The summed E-state index contributed by atoms with van der Waals surface area (Å²) in [6, 6.07) is -2.42. The summed E-state index contributed by atoms with van der Waals surface area (Å²) >= 11 is 4.20. The van der Waals surface area contributed by atoms with Crippen molar-refractivity contribution in [3.8, 4) is 11.5 Å². The van der Waals surface area contributed by atoms with E-state index in [4.69, 9.17) is 56.7 Å². The number of nitrogens with two attached hydrogens (primary N) is 8. The highest BCUT2D eigenvalue weighted by atomic mass is 32.1. The Hall–Kier alpha value is -14.6. The van der Waals surface area contributed by atoms with Crippen molar-refractivity contribution in [2.24, 2.45) is 63.6 Å². The predicted octanol–water partition coefficient (Wildman–Crippen LogP) is -8.33. The fourth-order valence-electron chi connectivity index (χ4n) is 14.0. The number of hydrogen-bond acceptors (Lipinski definition) is 28. The first-order valence-corrected chi connectivity index (χ1v) is 47.0. The summed E-state index contributed by atoms with van der Waals surface area (Å²) in [7, 11) is 0. The second kappa shape index (κ2) is 64.6. The van der Waals surface area contributed by atoms with Gasteiger partial charge in [0.05, 0.1) is 44.9 Å². The van der Waals surface area contributed by atoms with E-state index in [-0.39, 0.29) is 144 Å². The standard InChI is InChI=1S/C90H142N28O23S/c1-47(2)34-59(112-87(139)68(46-142)107-73(125)44-103-72(124)43-104-77(129)61(38-51-22-26-53(119)27-23-51)114-78(130)56(19-10-12-30-91)108-82(134)62(37-50-16-8-7-9-17-50)111-75(127)55(93)18-14-32-101-89(97)98)76(128)105-45-74(126)106-64(40-69(94)121)84(136)109-57(20-11-13-31-92)79(131)116-65(41-70(95)122)86(138)117-66(42-71(96)123)85(137)115-63(39-52-24-28-54(120)29-25-52)83(135)113-60(35-48(3)4)81(133)110-58(21-15-33-102-90(99)100)80(132)118-67(88(140)141)36-49(5)6/h7-9,16-17,22-29,47-49,55-68,119-120,142H,10-15,18-21,30-46,91-93H2,1-6H3,(H2,94,121)(H2,95,122)(H2,96,123)(H,103,124)(H,104,129)(H,105,128)(H,106,126)(H,107,125)(H,108,134)(H,109,136)(H,110,133)(H,111,127)(H,112,139)(H,113,135)(H,114,130)(H,115,137)(H,116,131)(H,117,138)(H,118,132)(H,140,141)(H4,97,98,101)(H4,99,100,102)/t55-,56-,57-,58-,59-,60-,61-,62-,63-,64-,65-,66-,67-,68-/m0/s1. The zero-order valence-electron chi connectivity index (χ0n) is 80.5. The van der Waals surface area contributed by atoms with E-state index in [1.165, 1.54) is 48.5 Å². The number of carboxylic acid groups (broad SMARTS) is 1. The van der Waals surface area contributed by atoms with Gasteiger partial charge in [-0.3, -0.25) is 102 Å². The molecule has 52 heteroatoms. The number of thiol groups is 1. The van der Waals surface area contributed by atoms with Crippen LogP contribution in [0.5, 0.6) is 11.5 Å². The van der Waals surface area contributed by atoms with Crippen LogP contribution in [0.2, 0.25) is 0 Å². The van der Waals surface area contributed by atoms with E-state index in [0.717, 1.165) is 0 Å². The van der Waals surface area contributed by atoms with Crippen molar-refractivity contribution >= 4 is 143 Å². The van der Waals surface area contributed by atoms with Crippen molar-refractivity contribution < 1.29 is 111 Å². The van der Waals surface area contributed by atoms with E-state index in [9.17, 15) is 111 Å². The summed E-state index contributed by atoms with van der Waals surface area (Å²) in [6.07, 6.45) is -2.75. The van der Waals surface area contributed by atoms with Gasteiger partial charge in [0.25, 0.3) is 0 Å². The maximum atomic E-state index is 14.7. The lowest BCUT2D eigenvalue weighted by atomic mass is 9.99. The first kappa shape index (κ1) is 122. The van der Waals surface area contributed by atoms with Crippen molar-refractivity contribution in [1.29, 1.82) is 10.8 Å². The van der Waals surface area contributed by atoms with Crippen LogP contribution in [0.15, 0.2) is 78.9 Å². The Morgan fingerprint density at radius 3 is 0.972 bits per heavy atom. The summed E-state index contributed by atoms with van der Waals surface area (Å²) in [5.41, 5.74) is 46.6. The van der Waals surface area contributed by atoms with Gasteiger partial charge in [0.15, 0.2) is 11.9 Å². The van der Waals surface area contributed by atoms with Crippen molar-refractivity contribution in [2.75, 3.05) is 51.6 Å². The van der Waals surface area contributed by atoms with Gasteiger partial charge in [0.1, 0.15) is 90.0 Å². The lowest BCUT2D eigenvalue weighted by Gasteiger charge is -2.28. The molecule has 3 aromatic carbocycles. The predicted molar refractivity (Wildman–Crippen MR) is 521 cm³/mol. The molecule has 0 aliphatic carbocycles. The van der Waals surface area contributed by atoms with E-state index in [2.05, 4.69) is 108 Å². The number of phenolic OH excluding ortho intramolecular Hbond substituents is 2. The summed E-state index contributed by atoms with van der Waals surface area (Å²) in [4.78, 5) is 275. The summed E-state index contributed by atoms with van der Waals surface area (Å²) in [5, 5.41) is 89.2. The molecule has 0 radical (unpaired) electrons. The molecule has 19 amide bonds. The van der Waals surface area contributed by atoms with Gasteiger partial charge in [-0.1, -0.05) is 96.1 Å². The average molecular weight is 2020 g/mol. The van der Waals surface area contributed by atoms with E-state index in [1.807, 2.05) is 0 Å². The third-order valence-corrected chi connectivity index (χ3v) is 21.7. The molecule has 142 heavy (non-hydrogen) atoms. The second-order valence-corrected chi connectivity index (χ2v) is 35.5. The number of carbonyl (C=O) groups excluding carboxylic acids is 19. The van der Waals surface area contributed by atoms with Crippen molar-refractivity contribution in [3.05, 3.63) is 95.6 Å². The molecule has 0 bridgehead atoms. The molecule has 0 spiro atoms. The molecule has 0 unspecified atom stereocenters. The van der Waals surface area contributed by atoms with Gasteiger partial charge in [-0.25, -0.2) is 4.79 Å². The zero-order chi connectivity index (χ0) is 106. The monoisotopic (exact) mass is 2020 g/mol.